The summed E-state index contributed by atoms with van der Waals surface area (Å²) in [7, 11) is 5.10. The van der Waals surface area contributed by atoms with Crippen LogP contribution in [0.1, 0.15) is 24.6 Å². The highest BCUT2D eigenvalue weighted by Crippen LogP contribution is 2.30. The molecule has 1 saturated heterocycles. The molecule has 0 unspecified atom stereocenters. The molecule has 1 aliphatic heterocycles. The number of methoxy groups -OCH3 is 2. The van der Waals surface area contributed by atoms with Gasteiger partial charge in [-0.2, -0.15) is 4.98 Å². The van der Waals surface area contributed by atoms with E-state index in [9.17, 15) is 0 Å². The monoisotopic (exact) mass is 516 g/mol. The Hall–Kier alpha value is -2.24. The van der Waals surface area contributed by atoms with E-state index in [1.54, 1.807) is 28.2 Å². The van der Waals surface area contributed by atoms with E-state index in [-0.39, 0.29) is 24.0 Å². The number of nitrogens with zero attached hydrogens (tertiary/aromatic N) is 4. The van der Waals surface area contributed by atoms with Crippen molar-refractivity contribution in [2.75, 3.05) is 39.3 Å². The van der Waals surface area contributed by atoms with Crippen LogP contribution >= 0.6 is 24.0 Å². The lowest BCUT2D eigenvalue weighted by molar-refractivity contribution is 0.370. The highest BCUT2D eigenvalue weighted by atomic mass is 127. The SMILES string of the molecule is CN=C(NCc1nc(C)no1)NC1CCN(c2cc(OC)cc(OC)c2)CC1.I. The first-order valence-corrected chi connectivity index (χ1v) is 9.35. The fourth-order valence-corrected chi connectivity index (χ4v) is 3.22. The summed E-state index contributed by atoms with van der Waals surface area (Å²) < 4.78 is 15.9. The number of hydrogen-bond acceptors (Lipinski definition) is 7. The lowest BCUT2D eigenvalue weighted by Gasteiger charge is -2.34. The number of nitrogens with one attached hydrogen (secondary N) is 2. The van der Waals surface area contributed by atoms with Gasteiger partial charge in [0.15, 0.2) is 11.8 Å². The molecule has 0 saturated carbocycles. The van der Waals surface area contributed by atoms with Crippen LogP contribution in [-0.2, 0) is 6.54 Å². The van der Waals surface area contributed by atoms with Crippen LogP contribution in [0.5, 0.6) is 11.5 Å². The summed E-state index contributed by atoms with van der Waals surface area (Å²) in [4.78, 5) is 10.8. The molecular formula is C19H29IN6O3. The average molecular weight is 516 g/mol. The second-order valence-corrected chi connectivity index (χ2v) is 6.64. The van der Waals surface area contributed by atoms with Gasteiger partial charge in [0.25, 0.3) is 0 Å². The Balaban J connectivity index is 0.00000300. The smallest absolute Gasteiger partial charge is 0.246 e. The third-order valence-electron chi connectivity index (χ3n) is 4.74. The summed E-state index contributed by atoms with van der Waals surface area (Å²) in [5.74, 6) is 3.51. The second kappa shape index (κ2) is 11.1. The fraction of sp³-hybridized carbons (Fsp3) is 0.526. The highest BCUT2D eigenvalue weighted by Gasteiger charge is 2.21. The molecule has 0 spiro atoms. The normalized spacial score (nSPS) is 14.9. The predicted octanol–water partition coefficient (Wildman–Crippen LogP) is 2.35. The molecule has 1 aromatic heterocycles. The second-order valence-electron chi connectivity index (χ2n) is 6.64. The van der Waals surface area contributed by atoms with Gasteiger partial charge < -0.3 is 29.5 Å². The minimum absolute atomic E-state index is 0. The van der Waals surface area contributed by atoms with Gasteiger partial charge in [-0.25, -0.2) is 0 Å². The molecule has 29 heavy (non-hydrogen) atoms. The van der Waals surface area contributed by atoms with E-state index in [1.165, 1.54) is 0 Å². The number of ether oxygens (including phenoxy) is 2. The molecule has 0 atom stereocenters. The summed E-state index contributed by atoms with van der Waals surface area (Å²) in [6.45, 7) is 4.12. The number of hydrogen-bond donors (Lipinski definition) is 2. The van der Waals surface area contributed by atoms with Crippen molar-refractivity contribution in [1.29, 1.82) is 0 Å². The third kappa shape index (κ3) is 6.38. The molecule has 2 aromatic rings. The van der Waals surface area contributed by atoms with Gasteiger partial charge in [0.1, 0.15) is 11.5 Å². The lowest BCUT2D eigenvalue weighted by Crippen LogP contribution is -2.48. The Bertz CT molecular complexity index is 783. The predicted molar refractivity (Wildman–Crippen MR) is 123 cm³/mol. The zero-order valence-corrected chi connectivity index (χ0v) is 19.6. The van der Waals surface area contributed by atoms with Gasteiger partial charge in [0.05, 0.1) is 20.8 Å². The van der Waals surface area contributed by atoms with E-state index in [2.05, 4.69) is 30.7 Å². The molecule has 0 radical (unpaired) electrons. The zero-order valence-electron chi connectivity index (χ0n) is 17.3. The maximum atomic E-state index is 5.38. The maximum Gasteiger partial charge on any atom is 0.246 e. The van der Waals surface area contributed by atoms with Crippen LogP contribution in [0.15, 0.2) is 27.7 Å². The van der Waals surface area contributed by atoms with E-state index in [0.29, 0.717) is 24.3 Å². The zero-order chi connectivity index (χ0) is 19.9. The molecule has 1 fully saturated rings. The first kappa shape index (κ1) is 23.0. The number of benzene rings is 1. The van der Waals surface area contributed by atoms with Crippen molar-refractivity contribution in [3.8, 4) is 11.5 Å². The summed E-state index contributed by atoms with van der Waals surface area (Å²) in [5.41, 5.74) is 1.11. The number of aliphatic imine (C=N–C) groups is 1. The van der Waals surface area contributed by atoms with Crippen molar-refractivity contribution in [3.63, 3.8) is 0 Å². The number of aryl methyl sites for hydroxylation is 1. The molecule has 2 N–H and O–H groups in total. The summed E-state index contributed by atoms with van der Waals surface area (Å²) in [6.07, 6.45) is 2.00. The van der Waals surface area contributed by atoms with Crippen molar-refractivity contribution in [1.82, 2.24) is 20.8 Å². The van der Waals surface area contributed by atoms with Gasteiger partial charge >= 0.3 is 0 Å². The number of aromatic nitrogens is 2. The fourth-order valence-electron chi connectivity index (χ4n) is 3.22. The van der Waals surface area contributed by atoms with Crippen molar-refractivity contribution in [2.45, 2.75) is 32.4 Å². The minimum Gasteiger partial charge on any atom is -0.497 e. The molecule has 3 rings (SSSR count). The van der Waals surface area contributed by atoms with E-state index in [4.69, 9.17) is 14.0 Å². The van der Waals surface area contributed by atoms with Crippen LogP contribution in [-0.4, -0.2) is 56.5 Å². The van der Waals surface area contributed by atoms with Crippen LogP contribution in [0.25, 0.3) is 0 Å². The molecule has 0 aliphatic carbocycles. The van der Waals surface area contributed by atoms with Gasteiger partial charge in [0.2, 0.25) is 5.89 Å². The molecule has 1 aromatic carbocycles. The topological polar surface area (TPSA) is 97.0 Å². The van der Waals surface area contributed by atoms with Crippen LogP contribution in [0.4, 0.5) is 5.69 Å². The van der Waals surface area contributed by atoms with Crippen molar-refractivity contribution >= 4 is 35.6 Å². The number of piperidine rings is 1. The molecule has 2 heterocycles. The maximum absolute atomic E-state index is 5.38. The van der Waals surface area contributed by atoms with Crippen LogP contribution in [0, 0.1) is 6.92 Å². The van der Waals surface area contributed by atoms with Crippen LogP contribution < -0.4 is 25.0 Å². The Morgan fingerprint density at radius 1 is 1.21 bits per heavy atom. The summed E-state index contributed by atoms with van der Waals surface area (Å²) in [5, 5.41) is 10.5. The molecule has 160 valence electrons. The number of guanidine groups is 1. The van der Waals surface area contributed by atoms with Crippen LogP contribution in [0.3, 0.4) is 0 Å². The van der Waals surface area contributed by atoms with Gasteiger partial charge in [0, 0.05) is 50.1 Å². The molecule has 0 amide bonds. The molecule has 10 heteroatoms. The first-order chi connectivity index (χ1) is 13.6. The van der Waals surface area contributed by atoms with Crippen molar-refractivity contribution in [3.05, 3.63) is 29.9 Å². The van der Waals surface area contributed by atoms with Crippen molar-refractivity contribution < 1.29 is 14.0 Å². The Kier molecular flexibility index (Phi) is 8.80. The van der Waals surface area contributed by atoms with Crippen LogP contribution in [0.2, 0.25) is 0 Å². The number of halogens is 1. The van der Waals surface area contributed by atoms with Gasteiger partial charge in [-0.3, -0.25) is 4.99 Å². The Labute approximate surface area is 188 Å². The van der Waals surface area contributed by atoms with Gasteiger partial charge in [-0.05, 0) is 19.8 Å². The Morgan fingerprint density at radius 3 is 2.38 bits per heavy atom. The molecular weight excluding hydrogens is 487 g/mol. The summed E-state index contributed by atoms with van der Waals surface area (Å²) in [6, 6.07) is 6.32. The average Bonchev–Trinajstić information content (AvgIpc) is 3.16. The molecule has 0 bridgehead atoms. The molecule has 9 nitrogen and oxygen atoms in total. The van der Waals surface area contributed by atoms with Crippen molar-refractivity contribution in [2.24, 2.45) is 4.99 Å². The highest BCUT2D eigenvalue weighted by molar-refractivity contribution is 14.0. The largest absolute Gasteiger partial charge is 0.497 e. The Morgan fingerprint density at radius 2 is 1.86 bits per heavy atom. The van der Waals surface area contributed by atoms with E-state index in [1.807, 2.05) is 18.2 Å². The van der Waals surface area contributed by atoms with E-state index < -0.39 is 0 Å². The lowest BCUT2D eigenvalue weighted by atomic mass is 10.0. The standard InChI is InChI=1S/C19H28N6O3.HI/c1-13-22-18(28-24-13)12-21-19(20-2)23-14-5-7-25(8-6-14)15-9-16(26-3)11-17(10-15)27-4;/h9-11,14H,5-8,12H2,1-4H3,(H2,20,21,23);1H. The quantitative estimate of drug-likeness (QED) is 0.343. The third-order valence-corrected chi connectivity index (χ3v) is 4.74. The van der Waals surface area contributed by atoms with Gasteiger partial charge in [-0.15, -0.1) is 24.0 Å². The first-order valence-electron chi connectivity index (χ1n) is 9.35. The van der Waals surface area contributed by atoms with Gasteiger partial charge in [-0.1, -0.05) is 5.16 Å². The van der Waals surface area contributed by atoms with E-state index in [0.717, 1.165) is 49.1 Å². The molecule has 1 aliphatic rings. The van der Waals surface area contributed by atoms with E-state index >= 15 is 0 Å². The minimum atomic E-state index is 0. The number of anilines is 1. The number of rotatable bonds is 6. The summed E-state index contributed by atoms with van der Waals surface area (Å²) >= 11 is 0.